The van der Waals surface area contributed by atoms with Gasteiger partial charge in [-0.25, -0.2) is 4.79 Å². The van der Waals surface area contributed by atoms with E-state index in [0.29, 0.717) is 11.3 Å². The van der Waals surface area contributed by atoms with Crippen LogP contribution in [-0.2, 0) is 6.42 Å². The van der Waals surface area contributed by atoms with Crippen molar-refractivity contribution in [3.63, 3.8) is 0 Å². The van der Waals surface area contributed by atoms with Gasteiger partial charge in [-0.2, -0.15) is 0 Å². The molecule has 5 nitrogen and oxygen atoms in total. The summed E-state index contributed by atoms with van der Waals surface area (Å²) in [5.41, 5.74) is 6.06. The number of aryl methyl sites for hydroxylation is 1. The van der Waals surface area contributed by atoms with Crippen molar-refractivity contribution < 1.29 is 9.59 Å². The number of primary amides is 1. The van der Waals surface area contributed by atoms with Gasteiger partial charge in [0.05, 0.1) is 0 Å². The number of hydrogen-bond donors (Lipinski definition) is 3. The van der Waals surface area contributed by atoms with Crippen LogP contribution in [0.3, 0.4) is 0 Å². The van der Waals surface area contributed by atoms with Crippen LogP contribution in [-0.4, -0.2) is 18.0 Å². The van der Waals surface area contributed by atoms with Crippen molar-refractivity contribution in [3.8, 4) is 0 Å². The summed E-state index contributed by atoms with van der Waals surface area (Å²) in [6.07, 6.45) is 0.795. The molecule has 1 heterocycles. The first-order chi connectivity index (χ1) is 10.4. The fourth-order valence-corrected chi connectivity index (χ4v) is 3.15. The summed E-state index contributed by atoms with van der Waals surface area (Å²) < 4.78 is 0. The molecule has 0 saturated carbocycles. The first-order valence-corrected chi connectivity index (χ1v) is 7.78. The number of rotatable bonds is 5. The average molecular weight is 317 g/mol. The maximum Gasteiger partial charge on any atom is 0.316 e. The van der Waals surface area contributed by atoms with Crippen LogP contribution >= 0.6 is 11.3 Å². The zero-order chi connectivity index (χ0) is 16.1. The van der Waals surface area contributed by atoms with Gasteiger partial charge in [0.1, 0.15) is 0 Å². The molecule has 1 aromatic carbocycles. The molecule has 2 aromatic rings. The summed E-state index contributed by atoms with van der Waals surface area (Å²) in [5.74, 6) is -0.172. The third kappa shape index (κ3) is 4.60. The average Bonchev–Trinajstić information content (AvgIpc) is 2.83. The van der Waals surface area contributed by atoms with E-state index < -0.39 is 6.03 Å². The number of nitrogens with two attached hydrogens (primary N) is 1. The summed E-state index contributed by atoms with van der Waals surface area (Å²) in [4.78, 5) is 25.6. The third-order valence-electron chi connectivity index (χ3n) is 3.07. The van der Waals surface area contributed by atoms with Gasteiger partial charge >= 0.3 is 6.03 Å². The lowest BCUT2D eigenvalue weighted by Gasteiger charge is -2.13. The lowest BCUT2D eigenvalue weighted by Crippen LogP contribution is -2.34. The van der Waals surface area contributed by atoms with E-state index in [9.17, 15) is 9.59 Å². The van der Waals surface area contributed by atoms with Crippen molar-refractivity contribution in [2.24, 2.45) is 5.73 Å². The van der Waals surface area contributed by atoms with E-state index in [-0.39, 0.29) is 11.9 Å². The first kappa shape index (κ1) is 16.0. The number of carbonyl (C=O) groups excluding carboxylic acids is 2. The molecule has 116 valence electrons. The van der Waals surface area contributed by atoms with Crippen molar-refractivity contribution in [3.05, 3.63) is 51.7 Å². The van der Waals surface area contributed by atoms with Gasteiger partial charge in [0.2, 0.25) is 0 Å². The minimum atomic E-state index is -0.654. The standard InChI is InChI=1S/C16H19N3O2S/c1-10(8-14-7-6-11(2)22-14)18-15(20)12-4-3-5-13(9-12)19-16(17)21/h3-7,9-10H,8H2,1-2H3,(H,18,20)(H3,17,19,21). The molecular weight excluding hydrogens is 298 g/mol. The maximum atomic E-state index is 12.2. The second-order valence-corrected chi connectivity index (χ2v) is 6.53. The van der Waals surface area contributed by atoms with E-state index in [2.05, 4.69) is 29.7 Å². The molecule has 0 aliphatic heterocycles. The zero-order valence-electron chi connectivity index (χ0n) is 12.6. The van der Waals surface area contributed by atoms with Gasteiger partial charge < -0.3 is 16.4 Å². The summed E-state index contributed by atoms with van der Waals surface area (Å²) in [6, 6.07) is 10.2. The predicted molar refractivity (Wildman–Crippen MR) is 89.3 cm³/mol. The number of amides is 3. The van der Waals surface area contributed by atoms with E-state index in [1.165, 1.54) is 9.75 Å². The molecule has 22 heavy (non-hydrogen) atoms. The molecule has 1 atom stereocenters. The molecule has 6 heteroatoms. The van der Waals surface area contributed by atoms with Gasteiger partial charge in [-0.1, -0.05) is 6.07 Å². The molecule has 0 radical (unpaired) electrons. The van der Waals surface area contributed by atoms with E-state index in [0.717, 1.165) is 6.42 Å². The highest BCUT2D eigenvalue weighted by atomic mass is 32.1. The van der Waals surface area contributed by atoms with Crippen LogP contribution < -0.4 is 16.4 Å². The molecule has 0 spiro atoms. The Hall–Kier alpha value is -2.34. The monoisotopic (exact) mass is 317 g/mol. The molecule has 1 unspecified atom stereocenters. The van der Waals surface area contributed by atoms with Crippen LogP contribution in [0.5, 0.6) is 0 Å². The predicted octanol–water partition coefficient (Wildman–Crippen LogP) is 2.91. The van der Waals surface area contributed by atoms with E-state index in [1.807, 2.05) is 6.92 Å². The highest BCUT2D eigenvalue weighted by molar-refractivity contribution is 7.11. The smallest absolute Gasteiger partial charge is 0.316 e. The van der Waals surface area contributed by atoms with Crippen LogP contribution in [0, 0.1) is 6.92 Å². The Morgan fingerprint density at radius 1 is 1.27 bits per heavy atom. The van der Waals surface area contributed by atoms with E-state index in [4.69, 9.17) is 5.73 Å². The number of hydrogen-bond acceptors (Lipinski definition) is 3. The van der Waals surface area contributed by atoms with Gasteiger partial charge in [-0.3, -0.25) is 4.79 Å². The lowest BCUT2D eigenvalue weighted by atomic mass is 10.1. The highest BCUT2D eigenvalue weighted by Crippen LogP contribution is 2.17. The van der Waals surface area contributed by atoms with Crippen molar-refractivity contribution in [1.29, 1.82) is 0 Å². The van der Waals surface area contributed by atoms with Gasteiger partial charge in [-0.15, -0.1) is 11.3 Å². The number of anilines is 1. The van der Waals surface area contributed by atoms with Gasteiger partial charge in [-0.05, 0) is 44.2 Å². The number of nitrogens with one attached hydrogen (secondary N) is 2. The van der Waals surface area contributed by atoms with Crippen LogP contribution in [0.2, 0.25) is 0 Å². The molecule has 0 bridgehead atoms. The van der Waals surface area contributed by atoms with Crippen molar-refractivity contribution in [2.75, 3.05) is 5.32 Å². The Morgan fingerprint density at radius 2 is 2.05 bits per heavy atom. The Balaban J connectivity index is 1.97. The Bertz CT molecular complexity index is 682. The Morgan fingerprint density at radius 3 is 2.68 bits per heavy atom. The summed E-state index contributed by atoms with van der Waals surface area (Å²) in [7, 11) is 0. The molecule has 0 aliphatic rings. The fraction of sp³-hybridized carbons (Fsp3) is 0.250. The fourth-order valence-electron chi connectivity index (χ4n) is 2.14. The second-order valence-electron chi connectivity index (χ2n) is 5.16. The lowest BCUT2D eigenvalue weighted by molar-refractivity contribution is 0.0940. The maximum absolute atomic E-state index is 12.2. The molecular formula is C16H19N3O2S. The van der Waals surface area contributed by atoms with Crippen LogP contribution in [0.4, 0.5) is 10.5 Å². The van der Waals surface area contributed by atoms with Crippen LogP contribution in [0.15, 0.2) is 36.4 Å². The molecule has 3 amide bonds. The number of carbonyl (C=O) groups is 2. The third-order valence-corrected chi connectivity index (χ3v) is 4.10. The van der Waals surface area contributed by atoms with Crippen molar-refractivity contribution in [1.82, 2.24) is 5.32 Å². The number of thiophene rings is 1. The SMILES string of the molecule is Cc1ccc(CC(C)NC(=O)c2cccc(NC(N)=O)c2)s1. The molecule has 2 rings (SSSR count). The highest BCUT2D eigenvalue weighted by Gasteiger charge is 2.12. The van der Waals surface area contributed by atoms with Gasteiger partial charge in [0.25, 0.3) is 5.91 Å². The molecule has 0 fully saturated rings. The summed E-state index contributed by atoms with van der Waals surface area (Å²) in [6.45, 7) is 4.03. The summed E-state index contributed by atoms with van der Waals surface area (Å²) in [5, 5.41) is 5.41. The van der Waals surface area contributed by atoms with Crippen molar-refractivity contribution >= 4 is 29.0 Å². The van der Waals surface area contributed by atoms with E-state index in [1.54, 1.807) is 35.6 Å². The zero-order valence-corrected chi connectivity index (χ0v) is 13.4. The quantitative estimate of drug-likeness (QED) is 0.792. The van der Waals surface area contributed by atoms with Crippen molar-refractivity contribution in [2.45, 2.75) is 26.3 Å². The summed E-state index contributed by atoms with van der Waals surface area (Å²) >= 11 is 1.74. The minimum Gasteiger partial charge on any atom is -0.351 e. The first-order valence-electron chi connectivity index (χ1n) is 6.97. The molecule has 1 aromatic heterocycles. The second kappa shape index (κ2) is 7.09. The number of benzene rings is 1. The molecule has 0 saturated heterocycles. The van der Waals surface area contributed by atoms with Gasteiger partial charge in [0.15, 0.2) is 0 Å². The van der Waals surface area contributed by atoms with E-state index >= 15 is 0 Å². The normalized spacial score (nSPS) is 11.7. The number of urea groups is 1. The largest absolute Gasteiger partial charge is 0.351 e. The van der Waals surface area contributed by atoms with Gasteiger partial charge in [0, 0.05) is 33.5 Å². The minimum absolute atomic E-state index is 0.0262. The Labute approximate surface area is 133 Å². The van der Waals surface area contributed by atoms with Crippen LogP contribution in [0.25, 0.3) is 0 Å². The molecule has 0 aliphatic carbocycles. The molecule has 4 N–H and O–H groups in total. The topological polar surface area (TPSA) is 84.2 Å². The Kier molecular flexibility index (Phi) is 5.16. The van der Waals surface area contributed by atoms with Crippen LogP contribution in [0.1, 0.15) is 27.0 Å².